The van der Waals surface area contributed by atoms with Crippen molar-refractivity contribution < 1.29 is 35.9 Å². The first-order valence-electron chi connectivity index (χ1n) is 17.3. The number of aromatic nitrogens is 3. The van der Waals surface area contributed by atoms with E-state index in [4.69, 9.17) is 22.1 Å². The number of nitrogens with one attached hydrogen (secondary N) is 1. The molecule has 0 spiro atoms. The van der Waals surface area contributed by atoms with Gasteiger partial charge in [0, 0.05) is 48.6 Å². The zero-order valence-corrected chi connectivity index (χ0v) is 32.0. The van der Waals surface area contributed by atoms with Gasteiger partial charge in [-0.2, -0.15) is 28.4 Å². The van der Waals surface area contributed by atoms with Crippen molar-refractivity contribution in [3.63, 3.8) is 0 Å². The van der Waals surface area contributed by atoms with E-state index in [2.05, 4.69) is 25.2 Å². The molecule has 3 N–H and O–H groups in total. The number of ether oxygens (including phenoxy) is 1. The van der Waals surface area contributed by atoms with Crippen molar-refractivity contribution >= 4 is 72.0 Å². The summed E-state index contributed by atoms with van der Waals surface area (Å²) in [5.41, 5.74) is 2.59. The van der Waals surface area contributed by atoms with Gasteiger partial charge in [-0.15, -0.1) is 11.3 Å². The summed E-state index contributed by atoms with van der Waals surface area (Å²) < 4.78 is 90.8. The second kappa shape index (κ2) is 16.7. The summed E-state index contributed by atoms with van der Waals surface area (Å²) in [7, 11) is 1.23. The van der Waals surface area contributed by atoms with Crippen LogP contribution in [0.4, 0.5) is 37.2 Å². The summed E-state index contributed by atoms with van der Waals surface area (Å²) in [6.07, 6.45) is 1.54. The second-order valence-corrected chi connectivity index (χ2v) is 15.7. The number of amides is 1. The van der Waals surface area contributed by atoms with E-state index in [-0.39, 0.29) is 55.9 Å². The number of thiophene rings is 1. The summed E-state index contributed by atoms with van der Waals surface area (Å²) in [4.78, 5) is 27.6. The van der Waals surface area contributed by atoms with Crippen LogP contribution in [0.5, 0.6) is 6.01 Å². The number of hydrogen-bond acceptors (Lipinski definition) is 11. The van der Waals surface area contributed by atoms with Crippen molar-refractivity contribution in [1.82, 2.24) is 24.8 Å². The number of alkyl halides is 4. The Morgan fingerprint density at radius 3 is 2.53 bits per heavy atom. The van der Waals surface area contributed by atoms with E-state index >= 15 is 4.39 Å². The molecule has 0 bridgehead atoms. The van der Waals surface area contributed by atoms with Crippen LogP contribution in [0.2, 0.25) is 4.34 Å². The number of nitrogens with zero attached hydrogens (tertiary/aromatic N) is 6. The number of carbonyl (C=O) groups excluding carboxylic acids is 1. The van der Waals surface area contributed by atoms with E-state index in [0.29, 0.717) is 33.3 Å². The Morgan fingerprint density at radius 1 is 1.16 bits per heavy atom. The molecule has 2 atom stereocenters. The highest BCUT2D eigenvalue weighted by atomic mass is 35.5. The molecule has 6 heterocycles. The van der Waals surface area contributed by atoms with E-state index in [9.17, 15) is 32.0 Å². The summed E-state index contributed by atoms with van der Waals surface area (Å²) >= 11 is 7.64. The third-order valence-corrected chi connectivity index (χ3v) is 11.6. The maximum atomic E-state index is 15.9. The van der Waals surface area contributed by atoms with Crippen LogP contribution in [0, 0.1) is 23.0 Å². The molecule has 0 saturated carbocycles. The van der Waals surface area contributed by atoms with E-state index in [1.54, 1.807) is 13.0 Å². The van der Waals surface area contributed by atoms with Gasteiger partial charge in [-0.05, 0) is 63.3 Å². The van der Waals surface area contributed by atoms with Gasteiger partial charge in [0.15, 0.2) is 10.8 Å². The van der Waals surface area contributed by atoms with Gasteiger partial charge in [-0.25, -0.2) is 18.2 Å². The third-order valence-electron chi connectivity index (χ3n) is 9.46. The second-order valence-electron chi connectivity index (χ2n) is 12.9. The number of fused-ring (bicyclic) bond motifs is 3. The number of methoxy groups -OCH3 is 1. The lowest BCUT2D eigenvalue weighted by Crippen LogP contribution is -2.27. The number of carbonyl (C=O) groups is 1. The van der Waals surface area contributed by atoms with Crippen LogP contribution in [-0.2, 0) is 6.18 Å². The first-order chi connectivity index (χ1) is 26.2. The summed E-state index contributed by atoms with van der Waals surface area (Å²) in [6, 6.07) is 4.75. The molecule has 3 aliphatic rings. The molecule has 2 aromatic carbocycles. The van der Waals surface area contributed by atoms with Crippen molar-refractivity contribution in [2.24, 2.45) is 0 Å². The molecule has 10 nitrogen and oxygen atoms in total. The molecule has 55 heavy (non-hydrogen) atoms. The smallest absolute Gasteiger partial charge is 0.417 e. The fourth-order valence-electron chi connectivity index (χ4n) is 7.03. The van der Waals surface area contributed by atoms with E-state index in [1.807, 2.05) is 4.90 Å². The van der Waals surface area contributed by atoms with Crippen LogP contribution < -0.4 is 15.8 Å². The van der Waals surface area contributed by atoms with Crippen LogP contribution in [0.15, 0.2) is 24.4 Å². The van der Waals surface area contributed by atoms with Gasteiger partial charge in [-0.3, -0.25) is 9.69 Å². The van der Waals surface area contributed by atoms with E-state index < -0.39 is 40.6 Å². The lowest BCUT2D eigenvalue weighted by atomic mass is 9.92. The first-order valence-corrected chi connectivity index (χ1v) is 19.4. The van der Waals surface area contributed by atoms with Gasteiger partial charge in [-0.1, -0.05) is 29.0 Å². The molecule has 3 saturated heterocycles. The number of nitrogens with two attached hydrogens (primary N) is 1. The standard InChI is InChI=1S/C21H14F5N5OS.C8H9ClN2OS.C7H12FN/c1-3-29-19-9-6-11(21(24,25)26)14(15(23)16(9)30-20(31-19)32-2)8-4-5-12(22)17-13(8)10(7-27)18(28)33-17;9-6-5-10-7(13-6)8(12)11-3-1-2-4-11;8-6-4-7-2-1-3-9(7)5-6/h4-6H,3,28H2,1-2H3,(H,29,30,31);5H,1-4H2;6-7H,1-5H2. The van der Waals surface area contributed by atoms with Crippen molar-refractivity contribution in [3.05, 3.63) is 56.5 Å². The maximum Gasteiger partial charge on any atom is 0.417 e. The van der Waals surface area contributed by atoms with Crippen molar-refractivity contribution in [1.29, 1.82) is 5.26 Å². The first kappa shape index (κ1) is 40.2. The number of thiazole rings is 1. The highest BCUT2D eigenvalue weighted by Crippen LogP contribution is 2.47. The zero-order chi connectivity index (χ0) is 39.6. The average molecular weight is 825 g/mol. The average Bonchev–Trinajstić information content (AvgIpc) is 3.99. The lowest BCUT2D eigenvalue weighted by molar-refractivity contribution is -0.137. The number of anilines is 2. The Morgan fingerprint density at radius 2 is 1.91 bits per heavy atom. The summed E-state index contributed by atoms with van der Waals surface area (Å²) in [6.45, 7) is 5.55. The number of likely N-dealkylation sites (tertiary alicyclic amines) is 1. The summed E-state index contributed by atoms with van der Waals surface area (Å²) in [5.74, 6) is -2.13. The molecule has 0 aliphatic carbocycles. The van der Waals surface area contributed by atoms with Gasteiger partial charge in [0.05, 0.1) is 29.1 Å². The third kappa shape index (κ3) is 8.39. The van der Waals surface area contributed by atoms with Crippen molar-refractivity contribution in [2.45, 2.75) is 57.4 Å². The Labute approximate surface area is 324 Å². The minimum Gasteiger partial charge on any atom is -0.467 e. The van der Waals surface area contributed by atoms with Crippen molar-refractivity contribution in [3.8, 4) is 23.2 Å². The lowest BCUT2D eigenvalue weighted by Gasteiger charge is -2.18. The van der Waals surface area contributed by atoms with Crippen molar-refractivity contribution in [2.75, 3.05) is 50.9 Å². The van der Waals surface area contributed by atoms with E-state index in [1.165, 1.54) is 37.5 Å². The summed E-state index contributed by atoms with van der Waals surface area (Å²) in [5, 5.41) is 12.3. The Bertz CT molecular complexity index is 2240. The molecule has 3 fully saturated rings. The van der Waals surface area contributed by atoms with Gasteiger partial charge in [0.2, 0.25) is 0 Å². The molecular formula is C36H35ClF6N8O2S2. The largest absolute Gasteiger partial charge is 0.467 e. The molecule has 3 aliphatic heterocycles. The van der Waals surface area contributed by atoms with Gasteiger partial charge < -0.3 is 20.7 Å². The highest BCUT2D eigenvalue weighted by molar-refractivity contribution is 7.23. The molecular weight excluding hydrogens is 790 g/mol. The highest BCUT2D eigenvalue weighted by Gasteiger charge is 2.38. The SMILES string of the molecule is CCNc1nc(OC)nc2c(F)c(-c3ccc(F)c4sc(N)c(C#N)c34)c(C(F)(F)F)cc12.FC1CC2CCCN2C1.O=C(c1ncc(Cl)s1)N1CCCC1. The number of benzene rings is 2. The molecule has 5 aromatic rings. The molecule has 19 heteroatoms. The topological polar surface area (TPSA) is 133 Å². The van der Waals surface area contributed by atoms with E-state index in [0.717, 1.165) is 57.1 Å². The number of nitriles is 1. The molecule has 3 aromatic heterocycles. The van der Waals surface area contributed by atoms with Crippen LogP contribution in [0.1, 0.15) is 60.0 Å². The maximum absolute atomic E-state index is 15.9. The monoisotopic (exact) mass is 824 g/mol. The van der Waals surface area contributed by atoms with Gasteiger partial charge in [0.1, 0.15) is 38.7 Å². The fourth-order valence-corrected chi connectivity index (χ4v) is 8.86. The Hall–Kier alpha value is -4.44. The Kier molecular flexibility index (Phi) is 12.2. The molecule has 2 unspecified atom stereocenters. The van der Waals surface area contributed by atoms with Crippen LogP contribution in [0.3, 0.4) is 0 Å². The number of rotatable bonds is 5. The minimum absolute atomic E-state index is 0.0226. The van der Waals surface area contributed by atoms with Gasteiger partial charge in [0.25, 0.3) is 5.91 Å². The zero-order valence-electron chi connectivity index (χ0n) is 29.6. The van der Waals surface area contributed by atoms with Crippen LogP contribution >= 0.6 is 34.3 Å². The predicted molar refractivity (Wildman–Crippen MR) is 201 cm³/mol. The fraction of sp³-hybridized carbons (Fsp3) is 0.417. The minimum atomic E-state index is -5.00. The predicted octanol–water partition coefficient (Wildman–Crippen LogP) is 8.93. The number of nitrogen functional groups attached to an aromatic ring is 1. The molecule has 292 valence electrons. The number of hydrogen-bond donors (Lipinski definition) is 2. The Balaban J connectivity index is 0.000000187. The van der Waals surface area contributed by atoms with Gasteiger partial charge >= 0.3 is 12.2 Å². The molecule has 8 rings (SSSR count). The molecule has 1 amide bonds. The van der Waals surface area contributed by atoms with Crippen LogP contribution in [0.25, 0.3) is 32.1 Å². The molecule has 0 radical (unpaired) electrons. The quantitative estimate of drug-likeness (QED) is 0.167. The number of halogens is 7. The normalized spacial score (nSPS) is 18.1. The van der Waals surface area contributed by atoms with Crippen LogP contribution in [-0.4, -0.2) is 82.7 Å².